The molecule has 1 aromatic carbocycles. The SMILES string of the molecule is COc1cc(C#N)ccc1OCC(=O)N1CCCC[C@@H]1c1cccn1C. The van der Waals surface area contributed by atoms with Gasteiger partial charge in [0.1, 0.15) is 0 Å². The lowest BCUT2D eigenvalue weighted by molar-refractivity contribution is -0.137. The number of benzene rings is 1. The molecule has 2 aromatic rings. The summed E-state index contributed by atoms with van der Waals surface area (Å²) >= 11 is 0. The smallest absolute Gasteiger partial charge is 0.261 e. The Morgan fingerprint density at radius 1 is 1.31 bits per heavy atom. The lowest BCUT2D eigenvalue weighted by Crippen LogP contribution is -2.41. The molecule has 1 amide bonds. The average Bonchev–Trinajstić information content (AvgIpc) is 3.11. The monoisotopic (exact) mass is 353 g/mol. The first-order chi connectivity index (χ1) is 12.6. The summed E-state index contributed by atoms with van der Waals surface area (Å²) in [6.07, 6.45) is 5.09. The van der Waals surface area contributed by atoms with E-state index in [1.54, 1.807) is 18.2 Å². The minimum Gasteiger partial charge on any atom is -0.493 e. The lowest BCUT2D eigenvalue weighted by Gasteiger charge is -2.36. The minimum absolute atomic E-state index is 0.0395. The van der Waals surface area contributed by atoms with E-state index in [1.165, 1.54) is 7.11 Å². The Hall–Kier alpha value is -2.94. The number of nitriles is 1. The predicted octanol–water partition coefficient (Wildman–Crippen LogP) is 3.04. The Balaban J connectivity index is 1.71. The van der Waals surface area contributed by atoms with Crippen LogP contribution < -0.4 is 9.47 Å². The zero-order valence-corrected chi connectivity index (χ0v) is 15.1. The van der Waals surface area contributed by atoms with Crippen molar-refractivity contribution >= 4 is 5.91 Å². The average molecular weight is 353 g/mol. The molecule has 0 N–H and O–H groups in total. The molecule has 0 saturated carbocycles. The Morgan fingerprint density at radius 3 is 2.85 bits per heavy atom. The molecule has 1 atom stereocenters. The van der Waals surface area contributed by atoms with Gasteiger partial charge < -0.3 is 18.9 Å². The van der Waals surface area contributed by atoms with E-state index in [4.69, 9.17) is 14.7 Å². The molecule has 0 spiro atoms. The van der Waals surface area contributed by atoms with Crippen LogP contribution in [0.4, 0.5) is 0 Å². The van der Waals surface area contributed by atoms with E-state index in [0.29, 0.717) is 17.1 Å². The van der Waals surface area contributed by atoms with Crippen LogP contribution in [0.3, 0.4) is 0 Å². The van der Waals surface area contributed by atoms with Crippen LogP contribution in [-0.2, 0) is 11.8 Å². The van der Waals surface area contributed by atoms with Crippen LogP contribution in [0.1, 0.15) is 36.6 Å². The van der Waals surface area contributed by atoms with E-state index in [1.807, 2.05) is 24.2 Å². The first kappa shape index (κ1) is 17.9. The highest BCUT2D eigenvalue weighted by atomic mass is 16.5. The van der Waals surface area contributed by atoms with Gasteiger partial charge in [0.05, 0.1) is 24.8 Å². The van der Waals surface area contributed by atoms with Crippen LogP contribution in [0.2, 0.25) is 0 Å². The number of hydrogen-bond donors (Lipinski definition) is 0. The fraction of sp³-hybridized carbons (Fsp3) is 0.400. The lowest BCUT2D eigenvalue weighted by atomic mass is 9.99. The van der Waals surface area contributed by atoms with Crippen molar-refractivity contribution in [3.63, 3.8) is 0 Å². The van der Waals surface area contributed by atoms with Crippen molar-refractivity contribution in [3.05, 3.63) is 47.8 Å². The van der Waals surface area contributed by atoms with Gasteiger partial charge in [-0.25, -0.2) is 0 Å². The van der Waals surface area contributed by atoms with Crippen molar-refractivity contribution in [1.29, 1.82) is 5.26 Å². The summed E-state index contributed by atoms with van der Waals surface area (Å²) in [6, 6.07) is 11.1. The van der Waals surface area contributed by atoms with Gasteiger partial charge in [-0.15, -0.1) is 0 Å². The first-order valence-corrected chi connectivity index (χ1v) is 8.75. The largest absolute Gasteiger partial charge is 0.493 e. The number of aryl methyl sites for hydroxylation is 1. The molecular weight excluding hydrogens is 330 g/mol. The van der Waals surface area contributed by atoms with E-state index in [9.17, 15) is 4.79 Å². The molecule has 1 saturated heterocycles. The summed E-state index contributed by atoms with van der Waals surface area (Å²) in [6.45, 7) is 0.686. The number of methoxy groups -OCH3 is 1. The number of amides is 1. The van der Waals surface area contributed by atoms with Crippen molar-refractivity contribution in [3.8, 4) is 17.6 Å². The second-order valence-corrected chi connectivity index (χ2v) is 6.41. The minimum atomic E-state index is -0.0524. The molecule has 26 heavy (non-hydrogen) atoms. The number of piperidine rings is 1. The molecule has 0 radical (unpaired) electrons. The van der Waals surface area contributed by atoms with E-state index in [0.717, 1.165) is 31.5 Å². The van der Waals surface area contributed by atoms with E-state index in [-0.39, 0.29) is 18.6 Å². The highest BCUT2D eigenvalue weighted by molar-refractivity contribution is 5.78. The van der Waals surface area contributed by atoms with Gasteiger partial charge in [-0.05, 0) is 43.5 Å². The first-order valence-electron chi connectivity index (χ1n) is 8.75. The Kier molecular flexibility index (Phi) is 5.47. The highest BCUT2D eigenvalue weighted by Gasteiger charge is 2.29. The number of carbonyl (C=O) groups is 1. The van der Waals surface area contributed by atoms with Crippen LogP contribution in [0.25, 0.3) is 0 Å². The molecule has 0 aliphatic carbocycles. The molecule has 6 heteroatoms. The Labute approximate surface area is 153 Å². The topological polar surface area (TPSA) is 67.5 Å². The quantitative estimate of drug-likeness (QED) is 0.829. The molecule has 1 aliphatic rings. The van der Waals surface area contributed by atoms with Gasteiger partial charge in [-0.1, -0.05) is 0 Å². The third kappa shape index (κ3) is 3.67. The number of carbonyl (C=O) groups excluding carboxylic acids is 1. The van der Waals surface area contributed by atoms with Crippen LogP contribution in [0.15, 0.2) is 36.5 Å². The molecule has 136 valence electrons. The maximum atomic E-state index is 12.8. The van der Waals surface area contributed by atoms with Gasteiger partial charge >= 0.3 is 0 Å². The van der Waals surface area contributed by atoms with E-state index in [2.05, 4.69) is 16.7 Å². The zero-order chi connectivity index (χ0) is 18.5. The summed E-state index contributed by atoms with van der Waals surface area (Å²) in [4.78, 5) is 14.7. The molecule has 6 nitrogen and oxygen atoms in total. The van der Waals surface area contributed by atoms with Gasteiger partial charge in [0.2, 0.25) is 0 Å². The second kappa shape index (κ2) is 7.96. The molecule has 0 unspecified atom stereocenters. The van der Waals surface area contributed by atoms with Gasteiger partial charge in [-0.2, -0.15) is 5.26 Å². The third-order valence-corrected chi connectivity index (χ3v) is 4.79. The zero-order valence-electron chi connectivity index (χ0n) is 15.1. The predicted molar refractivity (Wildman–Crippen MR) is 96.9 cm³/mol. The highest BCUT2D eigenvalue weighted by Crippen LogP contribution is 2.32. The standard InChI is InChI=1S/C20H23N3O3/c1-22-10-5-7-16(22)17-6-3-4-11-23(17)20(24)14-26-18-9-8-15(13-21)12-19(18)25-2/h5,7-10,12,17H,3-4,6,11,14H2,1-2H3/t17-/m1/s1. The van der Waals surface area contributed by atoms with Crippen LogP contribution in [0, 0.1) is 11.3 Å². The Morgan fingerprint density at radius 2 is 2.15 bits per heavy atom. The van der Waals surface area contributed by atoms with E-state index >= 15 is 0 Å². The molecule has 3 rings (SSSR count). The number of likely N-dealkylation sites (tertiary alicyclic amines) is 1. The van der Waals surface area contributed by atoms with Gasteiger partial charge in [-0.3, -0.25) is 4.79 Å². The summed E-state index contributed by atoms with van der Waals surface area (Å²) in [5.41, 5.74) is 1.63. The van der Waals surface area contributed by atoms with Crippen LogP contribution >= 0.6 is 0 Å². The van der Waals surface area contributed by atoms with Crippen molar-refractivity contribution in [2.45, 2.75) is 25.3 Å². The van der Waals surface area contributed by atoms with Crippen molar-refractivity contribution in [2.24, 2.45) is 7.05 Å². The molecule has 0 bridgehead atoms. The van der Waals surface area contributed by atoms with Crippen molar-refractivity contribution in [1.82, 2.24) is 9.47 Å². The normalized spacial score (nSPS) is 16.8. The Bertz CT molecular complexity index is 822. The second-order valence-electron chi connectivity index (χ2n) is 6.41. The number of nitrogens with zero attached hydrogens (tertiary/aromatic N) is 3. The van der Waals surface area contributed by atoms with Crippen LogP contribution in [-0.4, -0.2) is 35.6 Å². The maximum Gasteiger partial charge on any atom is 0.261 e. The molecule has 2 heterocycles. The fourth-order valence-electron chi connectivity index (χ4n) is 3.44. The van der Waals surface area contributed by atoms with Crippen molar-refractivity contribution in [2.75, 3.05) is 20.3 Å². The summed E-state index contributed by atoms with van der Waals surface area (Å²) in [5.74, 6) is 0.879. The van der Waals surface area contributed by atoms with Gasteiger partial charge in [0.15, 0.2) is 18.1 Å². The summed E-state index contributed by atoms with van der Waals surface area (Å²) in [7, 11) is 3.52. The number of ether oxygens (including phenoxy) is 2. The van der Waals surface area contributed by atoms with E-state index < -0.39 is 0 Å². The molecule has 1 aromatic heterocycles. The molecule has 1 fully saturated rings. The number of aromatic nitrogens is 1. The maximum absolute atomic E-state index is 12.8. The summed E-state index contributed by atoms with van der Waals surface area (Å²) < 4.78 is 13.0. The van der Waals surface area contributed by atoms with Gasteiger partial charge in [0, 0.05) is 31.5 Å². The van der Waals surface area contributed by atoms with Crippen LogP contribution in [0.5, 0.6) is 11.5 Å². The van der Waals surface area contributed by atoms with Gasteiger partial charge in [0.25, 0.3) is 5.91 Å². The number of rotatable bonds is 5. The summed E-state index contributed by atoms with van der Waals surface area (Å²) in [5, 5.41) is 8.97. The molecular formula is C20H23N3O3. The fourth-order valence-corrected chi connectivity index (χ4v) is 3.44. The molecule has 1 aliphatic heterocycles. The van der Waals surface area contributed by atoms with Crippen molar-refractivity contribution < 1.29 is 14.3 Å². The number of hydrogen-bond acceptors (Lipinski definition) is 4. The third-order valence-electron chi connectivity index (χ3n) is 4.79.